The van der Waals surface area contributed by atoms with Crippen molar-refractivity contribution in [3.05, 3.63) is 64.3 Å². The Balaban J connectivity index is 1.45. The van der Waals surface area contributed by atoms with Crippen LogP contribution >= 0.6 is 11.6 Å². The lowest BCUT2D eigenvalue weighted by Gasteiger charge is -2.27. The zero-order valence-electron chi connectivity index (χ0n) is 20.5. The van der Waals surface area contributed by atoms with Crippen LogP contribution in [-0.2, 0) is 24.1 Å². The van der Waals surface area contributed by atoms with E-state index in [0.29, 0.717) is 10.8 Å². The number of hydrogen-bond acceptors (Lipinski definition) is 6. The summed E-state index contributed by atoms with van der Waals surface area (Å²) in [5, 5.41) is 4.76. The third-order valence-corrected chi connectivity index (χ3v) is 7.04. The molecule has 0 unspecified atom stereocenters. The van der Waals surface area contributed by atoms with E-state index in [9.17, 15) is 0 Å². The van der Waals surface area contributed by atoms with Gasteiger partial charge in [0, 0.05) is 38.2 Å². The van der Waals surface area contributed by atoms with Gasteiger partial charge in [-0.2, -0.15) is 0 Å². The van der Waals surface area contributed by atoms with Crippen molar-refractivity contribution in [3.8, 4) is 16.9 Å². The molecule has 0 spiro atoms. The zero-order valence-corrected chi connectivity index (χ0v) is 21.3. The second-order valence-electron chi connectivity index (χ2n) is 9.01. The van der Waals surface area contributed by atoms with Crippen LogP contribution in [0.1, 0.15) is 22.8 Å². The number of aromatic nitrogens is 3. The monoisotopic (exact) mass is 494 g/mol. The SMILES string of the molecule is COc1ccc(CCc2nc3cc(-c4c(C)noc4C)ccc3n2CCN2CCOCC2)cc1Cl. The molecular weight excluding hydrogens is 464 g/mol. The number of benzene rings is 2. The predicted octanol–water partition coefficient (Wildman–Crippen LogP) is 5.09. The second kappa shape index (κ2) is 10.4. The summed E-state index contributed by atoms with van der Waals surface area (Å²) in [4.78, 5) is 7.55. The minimum Gasteiger partial charge on any atom is -0.495 e. The summed E-state index contributed by atoms with van der Waals surface area (Å²) in [6, 6.07) is 12.5. The Morgan fingerprint density at radius 3 is 2.57 bits per heavy atom. The third-order valence-electron chi connectivity index (χ3n) is 6.75. The molecule has 0 N–H and O–H groups in total. The Bertz CT molecular complexity index is 1300. The molecule has 0 radical (unpaired) electrons. The Morgan fingerprint density at radius 2 is 1.86 bits per heavy atom. The molecule has 7 nitrogen and oxygen atoms in total. The van der Waals surface area contributed by atoms with Gasteiger partial charge in [0.1, 0.15) is 17.3 Å². The van der Waals surface area contributed by atoms with Gasteiger partial charge in [0.05, 0.1) is 42.1 Å². The van der Waals surface area contributed by atoms with Crippen molar-refractivity contribution in [1.29, 1.82) is 0 Å². The van der Waals surface area contributed by atoms with Crippen molar-refractivity contribution in [2.75, 3.05) is 40.0 Å². The van der Waals surface area contributed by atoms with Crippen LogP contribution in [0.2, 0.25) is 5.02 Å². The first-order chi connectivity index (χ1) is 17.0. The molecule has 0 bridgehead atoms. The Labute approximate surface area is 210 Å². The minimum atomic E-state index is 0.634. The Hall–Kier alpha value is -2.87. The van der Waals surface area contributed by atoms with E-state index in [2.05, 4.69) is 38.9 Å². The van der Waals surface area contributed by atoms with Gasteiger partial charge < -0.3 is 18.6 Å². The number of morpholine rings is 1. The van der Waals surface area contributed by atoms with Gasteiger partial charge in [-0.25, -0.2) is 4.98 Å². The van der Waals surface area contributed by atoms with E-state index in [1.54, 1.807) is 7.11 Å². The molecule has 1 aliphatic heterocycles. The van der Waals surface area contributed by atoms with Crippen LogP contribution in [0, 0.1) is 13.8 Å². The molecule has 1 aliphatic rings. The first-order valence-electron chi connectivity index (χ1n) is 12.1. The first kappa shape index (κ1) is 23.9. The van der Waals surface area contributed by atoms with Gasteiger partial charge in [0.25, 0.3) is 0 Å². The number of hydrogen-bond donors (Lipinski definition) is 0. The molecule has 0 amide bonds. The predicted molar refractivity (Wildman–Crippen MR) is 137 cm³/mol. The molecular formula is C27H31ClN4O3. The highest BCUT2D eigenvalue weighted by molar-refractivity contribution is 6.32. The molecule has 5 rings (SSSR count). The smallest absolute Gasteiger partial charge is 0.141 e. The average Bonchev–Trinajstić information content (AvgIpc) is 3.39. The van der Waals surface area contributed by atoms with Gasteiger partial charge in [-0.15, -0.1) is 0 Å². The van der Waals surface area contributed by atoms with Crippen LogP contribution in [0.4, 0.5) is 0 Å². The summed E-state index contributed by atoms with van der Waals surface area (Å²) in [5.74, 6) is 2.60. The zero-order chi connectivity index (χ0) is 24.4. The van der Waals surface area contributed by atoms with E-state index >= 15 is 0 Å². The fourth-order valence-corrected chi connectivity index (χ4v) is 5.14. The maximum absolute atomic E-state index is 6.36. The Kier molecular flexibility index (Phi) is 7.09. The van der Waals surface area contributed by atoms with Crippen molar-refractivity contribution >= 4 is 22.6 Å². The summed E-state index contributed by atoms with van der Waals surface area (Å²) >= 11 is 6.36. The lowest BCUT2D eigenvalue weighted by atomic mass is 10.0. The number of rotatable bonds is 8. The summed E-state index contributed by atoms with van der Waals surface area (Å²) in [6.07, 6.45) is 1.67. The van der Waals surface area contributed by atoms with Crippen LogP contribution in [0.25, 0.3) is 22.2 Å². The largest absolute Gasteiger partial charge is 0.495 e. The van der Waals surface area contributed by atoms with E-state index in [-0.39, 0.29) is 0 Å². The molecule has 1 saturated heterocycles. The molecule has 8 heteroatoms. The van der Waals surface area contributed by atoms with Crippen LogP contribution in [0.3, 0.4) is 0 Å². The lowest BCUT2D eigenvalue weighted by Crippen LogP contribution is -2.38. The average molecular weight is 495 g/mol. The number of ether oxygens (including phenoxy) is 2. The van der Waals surface area contributed by atoms with Crippen LogP contribution in [0.5, 0.6) is 5.75 Å². The molecule has 3 heterocycles. The van der Waals surface area contributed by atoms with Crippen LogP contribution in [0.15, 0.2) is 40.9 Å². The highest BCUT2D eigenvalue weighted by atomic mass is 35.5. The lowest BCUT2D eigenvalue weighted by molar-refractivity contribution is 0.0364. The van der Waals surface area contributed by atoms with E-state index < -0.39 is 0 Å². The normalized spacial score (nSPS) is 14.6. The number of methoxy groups -OCH3 is 1. The summed E-state index contributed by atoms with van der Waals surface area (Å²) < 4.78 is 18.6. The van der Waals surface area contributed by atoms with Crippen molar-refractivity contribution in [2.45, 2.75) is 33.2 Å². The fourth-order valence-electron chi connectivity index (χ4n) is 4.86. The van der Waals surface area contributed by atoms with Gasteiger partial charge in [0.2, 0.25) is 0 Å². The number of fused-ring (bicyclic) bond motifs is 1. The van der Waals surface area contributed by atoms with Gasteiger partial charge in [-0.1, -0.05) is 28.9 Å². The van der Waals surface area contributed by atoms with Crippen molar-refractivity contribution in [3.63, 3.8) is 0 Å². The molecule has 35 heavy (non-hydrogen) atoms. The quantitative estimate of drug-likeness (QED) is 0.340. The van der Waals surface area contributed by atoms with Crippen molar-refractivity contribution in [1.82, 2.24) is 19.6 Å². The molecule has 2 aromatic heterocycles. The van der Waals surface area contributed by atoms with E-state index in [1.807, 2.05) is 26.0 Å². The minimum absolute atomic E-state index is 0.634. The summed E-state index contributed by atoms with van der Waals surface area (Å²) in [6.45, 7) is 9.34. The molecule has 1 fully saturated rings. The fraction of sp³-hybridized carbons (Fsp3) is 0.407. The van der Waals surface area contributed by atoms with E-state index in [4.69, 9.17) is 30.6 Å². The maximum atomic E-state index is 6.36. The number of aryl methyl sites for hydroxylation is 4. The van der Waals surface area contributed by atoms with Crippen LogP contribution in [-0.4, -0.2) is 59.6 Å². The Morgan fingerprint density at radius 1 is 1.03 bits per heavy atom. The first-order valence-corrected chi connectivity index (χ1v) is 12.5. The highest BCUT2D eigenvalue weighted by Crippen LogP contribution is 2.30. The number of nitrogens with zero attached hydrogens (tertiary/aromatic N) is 4. The molecule has 2 aromatic carbocycles. The maximum Gasteiger partial charge on any atom is 0.141 e. The molecule has 4 aromatic rings. The topological polar surface area (TPSA) is 65.6 Å². The van der Waals surface area contributed by atoms with Crippen LogP contribution < -0.4 is 4.74 Å². The van der Waals surface area contributed by atoms with Gasteiger partial charge in [-0.3, -0.25) is 4.90 Å². The highest BCUT2D eigenvalue weighted by Gasteiger charge is 2.17. The van der Waals surface area contributed by atoms with E-state index in [0.717, 1.165) is 91.7 Å². The number of imidazole rings is 1. The number of halogens is 1. The summed E-state index contributed by atoms with van der Waals surface area (Å²) in [5.41, 5.74) is 6.33. The van der Waals surface area contributed by atoms with Gasteiger partial charge in [0.15, 0.2) is 0 Å². The second-order valence-corrected chi connectivity index (χ2v) is 9.41. The standard InChI is InChI=1S/C27H31ClN4O3/c1-18-27(19(2)35-30-18)21-6-7-24-23(17-21)29-26(32(24)11-10-31-12-14-34-15-13-31)9-5-20-4-8-25(33-3)22(28)16-20/h4,6-8,16-17H,5,9-15H2,1-3H3. The van der Waals surface area contributed by atoms with Gasteiger partial charge in [-0.05, 0) is 55.7 Å². The van der Waals surface area contributed by atoms with Crippen molar-refractivity contribution < 1.29 is 14.0 Å². The molecule has 0 aliphatic carbocycles. The van der Waals surface area contributed by atoms with E-state index in [1.165, 1.54) is 5.56 Å². The van der Waals surface area contributed by atoms with Crippen molar-refractivity contribution in [2.24, 2.45) is 0 Å². The molecule has 0 atom stereocenters. The van der Waals surface area contributed by atoms with Gasteiger partial charge >= 0.3 is 0 Å². The molecule has 184 valence electrons. The molecule has 0 saturated carbocycles. The summed E-state index contributed by atoms with van der Waals surface area (Å²) in [7, 11) is 1.63. The third kappa shape index (κ3) is 5.08.